The molecule has 0 bridgehead atoms. The minimum Gasteiger partial charge on any atom is -0.322 e. The second kappa shape index (κ2) is 7.20. The number of hydrogen-bond acceptors (Lipinski definition) is 5. The third-order valence-electron chi connectivity index (χ3n) is 3.36. The molecule has 25 heavy (non-hydrogen) atoms. The summed E-state index contributed by atoms with van der Waals surface area (Å²) in [5.74, 6) is -1.75. The maximum Gasteiger partial charge on any atom is 0.294 e. The van der Waals surface area contributed by atoms with Crippen LogP contribution in [-0.2, 0) is 9.59 Å². The lowest BCUT2D eigenvalue weighted by Crippen LogP contribution is -2.36. The van der Waals surface area contributed by atoms with E-state index in [0.29, 0.717) is 0 Å². The molecule has 2 aromatic rings. The third-order valence-corrected chi connectivity index (χ3v) is 5.21. The highest BCUT2D eigenvalue weighted by Crippen LogP contribution is 2.33. The van der Waals surface area contributed by atoms with Gasteiger partial charge in [0.25, 0.3) is 11.1 Å². The summed E-state index contributed by atoms with van der Waals surface area (Å²) in [6, 6.07) is 9.46. The molecule has 0 saturated carbocycles. The summed E-state index contributed by atoms with van der Waals surface area (Å²) in [4.78, 5) is 39.5. The molecule has 3 rings (SSSR count). The molecule has 0 aliphatic carbocycles. The van der Waals surface area contributed by atoms with Crippen LogP contribution in [0.3, 0.4) is 0 Å². The number of imide groups is 1. The Morgan fingerprint density at radius 3 is 2.68 bits per heavy atom. The third kappa shape index (κ3) is 3.97. The number of aryl methyl sites for hydroxylation is 1. The molecule has 1 aromatic heterocycles. The number of para-hydroxylation sites is 1. The average Bonchev–Trinajstić information content (AvgIpc) is 3.08. The Balaban J connectivity index is 1.69. The van der Waals surface area contributed by atoms with Gasteiger partial charge in [0.2, 0.25) is 5.91 Å². The molecule has 2 heterocycles. The normalized spacial score (nSPS) is 15.9. The van der Waals surface area contributed by atoms with Crippen molar-refractivity contribution in [2.45, 2.75) is 6.92 Å². The van der Waals surface area contributed by atoms with Crippen molar-refractivity contribution in [3.63, 3.8) is 0 Å². The van der Waals surface area contributed by atoms with E-state index in [1.165, 1.54) is 29.5 Å². The van der Waals surface area contributed by atoms with Crippen LogP contribution >= 0.6 is 23.1 Å². The van der Waals surface area contributed by atoms with E-state index < -0.39 is 29.4 Å². The van der Waals surface area contributed by atoms with Crippen molar-refractivity contribution < 1.29 is 18.8 Å². The molecular weight excluding hydrogens is 363 g/mol. The molecule has 8 heteroatoms. The number of benzene rings is 1. The van der Waals surface area contributed by atoms with Crippen molar-refractivity contribution in [2.24, 2.45) is 0 Å². The lowest BCUT2D eigenvalue weighted by Gasteiger charge is -2.12. The average molecular weight is 376 g/mol. The van der Waals surface area contributed by atoms with Gasteiger partial charge in [-0.1, -0.05) is 12.1 Å². The summed E-state index contributed by atoms with van der Waals surface area (Å²) < 4.78 is 13.5. The van der Waals surface area contributed by atoms with Crippen LogP contribution in [0.25, 0.3) is 6.08 Å². The zero-order valence-corrected chi connectivity index (χ0v) is 14.7. The van der Waals surface area contributed by atoms with Gasteiger partial charge in [-0.3, -0.25) is 19.3 Å². The number of thioether (sulfide) groups is 1. The largest absolute Gasteiger partial charge is 0.322 e. The van der Waals surface area contributed by atoms with E-state index in [4.69, 9.17) is 0 Å². The lowest BCUT2D eigenvalue weighted by molar-refractivity contribution is -0.127. The molecule has 1 aliphatic heterocycles. The predicted octanol–water partition coefficient (Wildman–Crippen LogP) is 3.87. The number of halogens is 1. The Morgan fingerprint density at radius 2 is 2.00 bits per heavy atom. The Kier molecular flexibility index (Phi) is 5.00. The minimum atomic E-state index is -0.638. The maximum absolute atomic E-state index is 13.5. The van der Waals surface area contributed by atoms with Crippen LogP contribution in [0.5, 0.6) is 0 Å². The fourth-order valence-electron chi connectivity index (χ4n) is 2.19. The van der Waals surface area contributed by atoms with Crippen molar-refractivity contribution >= 4 is 51.9 Å². The van der Waals surface area contributed by atoms with Crippen LogP contribution in [-0.4, -0.2) is 28.5 Å². The van der Waals surface area contributed by atoms with E-state index in [1.807, 2.05) is 19.1 Å². The van der Waals surface area contributed by atoms with Gasteiger partial charge >= 0.3 is 0 Å². The Hall–Kier alpha value is -2.45. The first-order valence-corrected chi connectivity index (χ1v) is 8.93. The lowest BCUT2D eigenvalue weighted by atomic mass is 10.3. The van der Waals surface area contributed by atoms with Gasteiger partial charge in [0.05, 0.1) is 10.6 Å². The number of carbonyl (C=O) groups excluding carboxylic acids is 3. The quantitative estimate of drug-likeness (QED) is 0.823. The van der Waals surface area contributed by atoms with E-state index in [9.17, 15) is 18.8 Å². The highest BCUT2D eigenvalue weighted by molar-refractivity contribution is 8.18. The van der Waals surface area contributed by atoms with Crippen molar-refractivity contribution in [1.82, 2.24) is 4.90 Å². The van der Waals surface area contributed by atoms with Crippen LogP contribution in [0, 0.1) is 12.7 Å². The van der Waals surface area contributed by atoms with Crippen LogP contribution in [0.15, 0.2) is 41.3 Å². The van der Waals surface area contributed by atoms with Crippen molar-refractivity contribution in [3.05, 3.63) is 56.9 Å². The molecule has 0 unspecified atom stereocenters. The zero-order valence-electron chi connectivity index (χ0n) is 13.1. The highest BCUT2D eigenvalue weighted by atomic mass is 32.2. The number of rotatable bonds is 4. The molecule has 5 nitrogen and oxygen atoms in total. The minimum absolute atomic E-state index is 0.00377. The number of anilines is 1. The van der Waals surface area contributed by atoms with Crippen molar-refractivity contribution in [2.75, 3.05) is 11.9 Å². The molecule has 1 aromatic carbocycles. The number of carbonyl (C=O) groups is 3. The highest BCUT2D eigenvalue weighted by Gasteiger charge is 2.36. The molecule has 0 spiro atoms. The Bertz CT molecular complexity index is 892. The van der Waals surface area contributed by atoms with Crippen LogP contribution < -0.4 is 5.32 Å². The monoisotopic (exact) mass is 376 g/mol. The molecule has 1 aliphatic rings. The van der Waals surface area contributed by atoms with Gasteiger partial charge in [-0.25, -0.2) is 4.39 Å². The second-order valence-corrected chi connectivity index (χ2v) is 7.56. The van der Waals surface area contributed by atoms with Gasteiger partial charge in [-0.2, -0.15) is 0 Å². The number of amides is 3. The van der Waals surface area contributed by atoms with E-state index in [-0.39, 0.29) is 10.6 Å². The summed E-state index contributed by atoms with van der Waals surface area (Å²) >= 11 is 2.29. The number of nitrogens with one attached hydrogen (secondary N) is 1. The van der Waals surface area contributed by atoms with Gasteiger partial charge in [0.15, 0.2) is 0 Å². The molecule has 1 N–H and O–H groups in total. The predicted molar refractivity (Wildman–Crippen MR) is 96.8 cm³/mol. The summed E-state index contributed by atoms with van der Waals surface area (Å²) in [6.45, 7) is 1.49. The van der Waals surface area contributed by atoms with Gasteiger partial charge in [-0.15, -0.1) is 11.3 Å². The maximum atomic E-state index is 13.5. The van der Waals surface area contributed by atoms with Gasteiger partial charge in [0, 0.05) is 9.75 Å². The molecule has 1 saturated heterocycles. The fraction of sp³-hybridized carbons (Fsp3) is 0.118. The van der Waals surface area contributed by atoms with Crippen molar-refractivity contribution in [1.29, 1.82) is 0 Å². The van der Waals surface area contributed by atoms with Crippen molar-refractivity contribution in [3.8, 4) is 0 Å². The fourth-order valence-corrected chi connectivity index (χ4v) is 3.92. The molecule has 1 fully saturated rings. The standard InChI is InChI=1S/C17H13FN2O3S2/c1-10-6-7-11(24-10)8-14-16(22)20(17(23)25-14)9-15(21)19-13-5-3-2-4-12(13)18/h2-8H,9H2,1H3,(H,19,21)/b14-8+. The number of thiophene rings is 1. The number of hydrogen-bond donors (Lipinski definition) is 1. The first-order chi connectivity index (χ1) is 11.9. The zero-order chi connectivity index (χ0) is 18.0. The van der Waals surface area contributed by atoms with E-state index in [1.54, 1.807) is 12.1 Å². The Labute approximate surface area is 151 Å². The van der Waals surface area contributed by atoms with Gasteiger partial charge < -0.3 is 5.32 Å². The van der Waals surface area contributed by atoms with Crippen LogP contribution in [0.1, 0.15) is 9.75 Å². The van der Waals surface area contributed by atoms with E-state index in [0.717, 1.165) is 26.4 Å². The summed E-state index contributed by atoms with van der Waals surface area (Å²) in [5.41, 5.74) is 0.00377. The Morgan fingerprint density at radius 1 is 1.24 bits per heavy atom. The van der Waals surface area contributed by atoms with Crippen LogP contribution in [0.4, 0.5) is 14.9 Å². The van der Waals surface area contributed by atoms with Gasteiger partial charge in [0.1, 0.15) is 12.4 Å². The molecule has 0 radical (unpaired) electrons. The summed E-state index contributed by atoms with van der Waals surface area (Å²) in [5, 5.41) is 1.84. The van der Waals surface area contributed by atoms with Crippen LogP contribution in [0.2, 0.25) is 0 Å². The smallest absolute Gasteiger partial charge is 0.294 e. The molecular formula is C17H13FN2O3S2. The number of nitrogens with zero attached hydrogens (tertiary/aromatic N) is 1. The van der Waals surface area contributed by atoms with Gasteiger partial charge in [-0.05, 0) is 49.0 Å². The van der Waals surface area contributed by atoms with E-state index >= 15 is 0 Å². The van der Waals surface area contributed by atoms with E-state index in [2.05, 4.69) is 5.32 Å². The second-order valence-electron chi connectivity index (χ2n) is 5.24. The SMILES string of the molecule is Cc1ccc(/C=C2/SC(=O)N(CC(=O)Nc3ccccc3F)C2=O)s1. The molecule has 3 amide bonds. The molecule has 0 atom stereocenters. The summed E-state index contributed by atoms with van der Waals surface area (Å²) in [6.07, 6.45) is 1.64. The first-order valence-electron chi connectivity index (χ1n) is 7.30. The topological polar surface area (TPSA) is 66.5 Å². The summed E-state index contributed by atoms with van der Waals surface area (Å²) in [7, 11) is 0. The first kappa shape index (κ1) is 17.4. The molecule has 128 valence electrons.